The Labute approximate surface area is 96.8 Å². The van der Waals surface area contributed by atoms with Crippen molar-refractivity contribution in [1.29, 1.82) is 0 Å². The summed E-state index contributed by atoms with van der Waals surface area (Å²) in [7, 11) is 0. The van der Waals surface area contributed by atoms with Crippen molar-refractivity contribution in [3.63, 3.8) is 0 Å². The van der Waals surface area contributed by atoms with Gasteiger partial charge in [0.1, 0.15) is 0 Å². The molecule has 3 N–H and O–H groups in total. The lowest BCUT2D eigenvalue weighted by molar-refractivity contribution is 0.346. The predicted molar refractivity (Wildman–Crippen MR) is 67.4 cm³/mol. The maximum absolute atomic E-state index is 5.82. The van der Waals surface area contributed by atoms with Crippen LogP contribution < -0.4 is 11.1 Å². The van der Waals surface area contributed by atoms with E-state index in [1.165, 1.54) is 0 Å². The molecule has 1 atom stereocenters. The van der Waals surface area contributed by atoms with Gasteiger partial charge in [0.15, 0.2) is 0 Å². The van der Waals surface area contributed by atoms with E-state index >= 15 is 0 Å². The molecule has 3 heteroatoms. The van der Waals surface area contributed by atoms with Crippen LogP contribution in [0.2, 0.25) is 5.02 Å². The minimum atomic E-state index is 0.147. The largest absolute Gasteiger partial charge is 0.381 e. The van der Waals surface area contributed by atoms with Gasteiger partial charge in [-0.3, -0.25) is 0 Å². The second kappa shape index (κ2) is 4.86. The molecule has 0 aliphatic heterocycles. The highest BCUT2D eigenvalue weighted by molar-refractivity contribution is 6.30. The van der Waals surface area contributed by atoms with E-state index in [4.69, 9.17) is 17.3 Å². The summed E-state index contributed by atoms with van der Waals surface area (Å²) in [5.41, 5.74) is 6.96. The van der Waals surface area contributed by atoms with Crippen molar-refractivity contribution in [2.24, 2.45) is 11.1 Å². The Balaban J connectivity index is 2.71. The van der Waals surface area contributed by atoms with Crippen molar-refractivity contribution in [3.8, 4) is 0 Å². The molecule has 2 nitrogen and oxygen atoms in total. The zero-order chi connectivity index (χ0) is 11.5. The first kappa shape index (κ1) is 12.3. The van der Waals surface area contributed by atoms with Crippen molar-refractivity contribution in [2.45, 2.75) is 26.8 Å². The standard InChI is InChI=1S/C12H19ClN2/c1-12(2,3)11(8-14)15-10-6-4-9(13)5-7-10/h4-7,11,15H,8,14H2,1-3H3. The summed E-state index contributed by atoms with van der Waals surface area (Å²) < 4.78 is 0. The van der Waals surface area contributed by atoms with Crippen LogP contribution in [-0.2, 0) is 0 Å². The number of halogens is 1. The van der Waals surface area contributed by atoms with Gasteiger partial charge in [0.25, 0.3) is 0 Å². The van der Waals surface area contributed by atoms with Gasteiger partial charge in [0.05, 0.1) is 0 Å². The van der Waals surface area contributed by atoms with Crippen LogP contribution in [0.3, 0.4) is 0 Å². The summed E-state index contributed by atoms with van der Waals surface area (Å²) in [6.45, 7) is 7.14. The summed E-state index contributed by atoms with van der Waals surface area (Å²) in [4.78, 5) is 0. The fourth-order valence-corrected chi connectivity index (χ4v) is 1.50. The van der Waals surface area contributed by atoms with E-state index in [1.54, 1.807) is 0 Å². The van der Waals surface area contributed by atoms with Crippen molar-refractivity contribution in [2.75, 3.05) is 11.9 Å². The number of anilines is 1. The molecule has 0 spiro atoms. The van der Waals surface area contributed by atoms with Crippen LogP contribution in [0.1, 0.15) is 20.8 Å². The number of hydrogen-bond acceptors (Lipinski definition) is 2. The minimum Gasteiger partial charge on any atom is -0.381 e. The minimum absolute atomic E-state index is 0.147. The molecule has 1 unspecified atom stereocenters. The highest BCUT2D eigenvalue weighted by Crippen LogP contribution is 2.23. The molecule has 0 heterocycles. The Kier molecular flexibility index (Phi) is 4.00. The molecule has 1 aromatic rings. The number of hydrogen-bond donors (Lipinski definition) is 2. The fraction of sp³-hybridized carbons (Fsp3) is 0.500. The predicted octanol–water partition coefficient (Wildman–Crippen LogP) is 3.13. The molecular formula is C12H19ClN2. The SMILES string of the molecule is CC(C)(C)C(CN)Nc1ccc(Cl)cc1. The third-order valence-corrected chi connectivity index (χ3v) is 2.72. The number of nitrogens with one attached hydrogen (secondary N) is 1. The molecule has 0 amide bonds. The zero-order valence-corrected chi connectivity index (χ0v) is 10.3. The normalized spacial score (nSPS) is 13.7. The van der Waals surface area contributed by atoms with Crippen LogP contribution in [0.25, 0.3) is 0 Å². The summed E-state index contributed by atoms with van der Waals surface area (Å²) in [5.74, 6) is 0. The number of rotatable bonds is 3. The molecule has 0 aliphatic rings. The summed E-state index contributed by atoms with van der Waals surface area (Å²) in [6, 6.07) is 7.95. The van der Waals surface area contributed by atoms with E-state index in [0.717, 1.165) is 10.7 Å². The van der Waals surface area contributed by atoms with E-state index in [2.05, 4.69) is 26.1 Å². The quantitative estimate of drug-likeness (QED) is 0.831. The van der Waals surface area contributed by atoms with Gasteiger partial charge in [-0.25, -0.2) is 0 Å². The second-order valence-corrected chi connectivity index (χ2v) is 5.24. The first-order valence-corrected chi connectivity index (χ1v) is 5.53. The van der Waals surface area contributed by atoms with Gasteiger partial charge in [-0.1, -0.05) is 32.4 Å². The first-order valence-electron chi connectivity index (χ1n) is 5.15. The molecule has 0 fully saturated rings. The smallest absolute Gasteiger partial charge is 0.0432 e. The van der Waals surface area contributed by atoms with E-state index in [1.807, 2.05) is 24.3 Å². The average Bonchev–Trinajstić information content (AvgIpc) is 2.15. The zero-order valence-electron chi connectivity index (χ0n) is 9.55. The molecule has 0 saturated carbocycles. The van der Waals surface area contributed by atoms with Crippen molar-refractivity contribution >= 4 is 17.3 Å². The van der Waals surface area contributed by atoms with Crippen LogP contribution in [0, 0.1) is 5.41 Å². The third kappa shape index (κ3) is 3.73. The maximum Gasteiger partial charge on any atom is 0.0432 e. The van der Waals surface area contributed by atoms with Crippen molar-refractivity contribution in [3.05, 3.63) is 29.3 Å². The van der Waals surface area contributed by atoms with E-state index in [9.17, 15) is 0 Å². The van der Waals surface area contributed by atoms with Gasteiger partial charge in [-0.15, -0.1) is 0 Å². The van der Waals surface area contributed by atoms with Gasteiger partial charge < -0.3 is 11.1 Å². The summed E-state index contributed by atoms with van der Waals surface area (Å²) >= 11 is 5.82. The van der Waals surface area contributed by atoms with Gasteiger partial charge in [-0.2, -0.15) is 0 Å². The van der Waals surface area contributed by atoms with E-state index in [0.29, 0.717) is 6.54 Å². The Morgan fingerprint density at radius 3 is 2.20 bits per heavy atom. The molecular weight excluding hydrogens is 208 g/mol. The van der Waals surface area contributed by atoms with Gasteiger partial charge in [0.2, 0.25) is 0 Å². The summed E-state index contributed by atoms with van der Waals surface area (Å²) in [6.07, 6.45) is 0. The topological polar surface area (TPSA) is 38.0 Å². The molecule has 0 aromatic heterocycles. The Morgan fingerprint density at radius 1 is 1.27 bits per heavy atom. The third-order valence-electron chi connectivity index (χ3n) is 2.47. The van der Waals surface area contributed by atoms with Crippen LogP contribution in [-0.4, -0.2) is 12.6 Å². The maximum atomic E-state index is 5.82. The van der Waals surface area contributed by atoms with Crippen LogP contribution in [0.4, 0.5) is 5.69 Å². The lowest BCUT2D eigenvalue weighted by atomic mass is 9.86. The Hall–Kier alpha value is -0.730. The highest BCUT2D eigenvalue weighted by Gasteiger charge is 2.22. The first-order chi connectivity index (χ1) is 6.93. The Morgan fingerprint density at radius 2 is 1.80 bits per heavy atom. The molecule has 1 rings (SSSR count). The van der Waals surface area contributed by atoms with Gasteiger partial charge >= 0.3 is 0 Å². The second-order valence-electron chi connectivity index (χ2n) is 4.81. The molecule has 15 heavy (non-hydrogen) atoms. The van der Waals surface area contributed by atoms with E-state index in [-0.39, 0.29) is 11.5 Å². The molecule has 0 saturated heterocycles. The molecule has 0 radical (unpaired) electrons. The van der Waals surface area contributed by atoms with Crippen LogP contribution in [0.15, 0.2) is 24.3 Å². The molecule has 0 bridgehead atoms. The molecule has 0 aliphatic carbocycles. The van der Waals surface area contributed by atoms with Crippen LogP contribution in [0.5, 0.6) is 0 Å². The highest BCUT2D eigenvalue weighted by atomic mass is 35.5. The fourth-order valence-electron chi connectivity index (χ4n) is 1.38. The average molecular weight is 227 g/mol. The van der Waals surface area contributed by atoms with Crippen molar-refractivity contribution in [1.82, 2.24) is 0 Å². The number of benzene rings is 1. The van der Waals surface area contributed by atoms with Crippen LogP contribution >= 0.6 is 11.6 Å². The van der Waals surface area contributed by atoms with Crippen molar-refractivity contribution < 1.29 is 0 Å². The monoisotopic (exact) mass is 226 g/mol. The van der Waals surface area contributed by atoms with E-state index < -0.39 is 0 Å². The van der Waals surface area contributed by atoms with Gasteiger partial charge in [-0.05, 0) is 29.7 Å². The number of nitrogens with two attached hydrogens (primary N) is 1. The molecule has 1 aromatic carbocycles. The lowest BCUT2D eigenvalue weighted by Gasteiger charge is -2.31. The Bertz CT molecular complexity index is 300. The van der Waals surface area contributed by atoms with Gasteiger partial charge in [0, 0.05) is 23.3 Å². The molecule has 84 valence electrons. The summed E-state index contributed by atoms with van der Waals surface area (Å²) in [5, 5.41) is 4.16. The lowest BCUT2D eigenvalue weighted by Crippen LogP contribution is -2.40.